The molecule has 0 unspecified atom stereocenters. The molecule has 0 aliphatic heterocycles. The number of rotatable bonds is 7. The minimum absolute atomic E-state index is 0.534. The Hall–Kier alpha value is 0.510. The molecule has 16 heavy (non-hydrogen) atoms. The van der Waals surface area contributed by atoms with Gasteiger partial charge in [0.15, 0.2) is 0 Å². The SMILES string of the molecule is CCN(CC)P(Cl)(=CC(C)C)N(CC)CC. The zero-order valence-electron chi connectivity index (χ0n) is 11.7. The Morgan fingerprint density at radius 2 is 1.25 bits per heavy atom. The first-order valence-electron chi connectivity index (χ1n) is 6.41. The van der Waals surface area contributed by atoms with Gasteiger partial charge in [-0.15, -0.1) is 0 Å². The minimum atomic E-state index is -1.73. The van der Waals surface area contributed by atoms with E-state index in [1.54, 1.807) is 0 Å². The molecule has 0 aliphatic rings. The predicted octanol–water partition coefficient (Wildman–Crippen LogP) is 4.13. The Labute approximate surface area is 107 Å². The van der Waals surface area contributed by atoms with Crippen LogP contribution >= 0.6 is 17.8 Å². The molecule has 4 heteroatoms. The second kappa shape index (κ2) is 7.76. The van der Waals surface area contributed by atoms with Crippen molar-refractivity contribution in [1.29, 1.82) is 0 Å². The third kappa shape index (κ3) is 4.07. The Kier molecular flexibility index (Phi) is 8.01. The Balaban J connectivity index is 5.32. The van der Waals surface area contributed by atoms with Gasteiger partial charge in [0, 0.05) is 26.2 Å². The standard InChI is InChI=1S/C12H28ClN2P/c1-7-14(8-2)16(13,11-12(5)6)15(9-3)10-4/h11-12H,7-10H2,1-6H3. The van der Waals surface area contributed by atoms with Crippen LogP contribution in [0.4, 0.5) is 0 Å². The molecule has 0 aromatic heterocycles. The van der Waals surface area contributed by atoms with Crippen molar-refractivity contribution in [3.05, 3.63) is 0 Å². The van der Waals surface area contributed by atoms with Crippen molar-refractivity contribution in [2.24, 2.45) is 5.92 Å². The van der Waals surface area contributed by atoms with Crippen LogP contribution < -0.4 is 0 Å². The predicted molar refractivity (Wildman–Crippen MR) is 79.5 cm³/mol. The van der Waals surface area contributed by atoms with E-state index >= 15 is 0 Å². The maximum atomic E-state index is 6.97. The summed E-state index contributed by atoms with van der Waals surface area (Å²) in [4.78, 5) is 0. The summed E-state index contributed by atoms with van der Waals surface area (Å²) in [6, 6.07) is 0. The highest BCUT2D eigenvalue weighted by Crippen LogP contribution is 2.59. The molecule has 0 saturated carbocycles. The van der Waals surface area contributed by atoms with E-state index in [-0.39, 0.29) is 0 Å². The largest absolute Gasteiger partial charge is 0.261 e. The Morgan fingerprint density at radius 1 is 0.938 bits per heavy atom. The molecule has 0 radical (unpaired) electrons. The van der Waals surface area contributed by atoms with Crippen molar-refractivity contribution in [2.75, 3.05) is 26.2 Å². The molecular weight excluding hydrogens is 239 g/mol. The van der Waals surface area contributed by atoms with Crippen LogP contribution in [0.15, 0.2) is 0 Å². The van der Waals surface area contributed by atoms with Crippen LogP contribution in [0, 0.1) is 5.92 Å². The summed E-state index contributed by atoms with van der Waals surface area (Å²) >= 11 is 6.97. The molecular formula is C12H28ClN2P. The van der Waals surface area contributed by atoms with E-state index in [4.69, 9.17) is 11.2 Å². The lowest BCUT2D eigenvalue weighted by molar-refractivity contribution is 0.430. The Bertz CT molecular complexity index is 217. The molecule has 0 saturated heterocycles. The zero-order valence-corrected chi connectivity index (χ0v) is 13.4. The maximum Gasteiger partial charge on any atom is 0.0986 e. The molecule has 0 N–H and O–H groups in total. The molecule has 0 spiro atoms. The smallest absolute Gasteiger partial charge is 0.0986 e. The third-order valence-electron chi connectivity index (χ3n) is 2.74. The fourth-order valence-electron chi connectivity index (χ4n) is 1.99. The highest BCUT2D eigenvalue weighted by molar-refractivity contribution is 7.94. The van der Waals surface area contributed by atoms with Crippen LogP contribution in [0.1, 0.15) is 41.5 Å². The second-order valence-electron chi connectivity index (χ2n) is 4.24. The lowest BCUT2D eigenvalue weighted by Crippen LogP contribution is -2.31. The Morgan fingerprint density at radius 3 is 1.44 bits per heavy atom. The van der Waals surface area contributed by atoms with Crippen LogP contribution in [0.5, 0.6) is 0 Å². The van der Waals surface area contributed by atoms with Gasteiger partial charge in [0.2, 0.25) is 0 Å². The van der Waals surface area contributed by atoms with Gasteiger partial charge in [-0.2, -0.15) is 0 Å². The van der Waals surface area contributed by atoms with Gasteiger partial charge in [-0.25, -0.2) is 0 Å². The summed E-state index contributed by atoms with van der Waals surface area (Å²) in [5, 5.41) is 0. The first-order chi connectivity index (χ1) is 7.46. The van der Waals surface area contributed by atoms with Crippen LogP contribution in [0.3, 0.4) is 0 Å². The van der Waals surface area contributed by atoms with E-state index in [1.165, 1.54) is 0 Å². The average Bonchev–Trinajstić information content (AvgIpc) is 2.19. The summed E-state index contributed by atoms with van der Waals surface area (Å²) in [6.45, 7) is 15.5. The van der Waals surface area contributed by atoms with Crippen LogP contribution in [0.25, 0.3) is 0 Å². The highest BCUT2D eigenvalue weighted by atomic mass is 35.7. The van der Waals surface area contributed by atoms with E-state index in [9.17, 15) is 0 Å². The van der Waals surface area contributed by atoms with Crippen molar-refractivity contribution >= 4 is 23.6 Å². The molecule has 0 bridgehead atoms. The van der Waals surface area contributed by atoms with Gasteiger partial charge in [-0.05, 0) is 11.7 Å². The van der Waals surface area contributed by atoms with Gasteiger partial charge >= 0.3 is 0 Å². The van der Waals surface area contributed by atoms with Crippen molar-refractivity contribution in [3.63, 3.8) is 0 Å². The number of hydrogen-bond acceptors (Lipinski definition) is 2. The fraction of sp³-hybridized carbons (Fsp3) is 0.917. The minimum Gasteiger partial charge on any atom is -0.261 e. The molecule has 0 atom stereocenters. The normalized spacial score (nSPS) is 12.9. The lowest BCUT2D eigenvalue weighted by atomic mass is 10.3. The molecule has 0 aromatic carbocycles. The molecule has 0 aliphatic carbocycles. The summed E-state index contributed by atoms with van der Waals surface area (Å²) in [6.07, 6.45) is 0. The summed E-state index contributed by atoms with van der Waals surface area (Å²) in [5.74, 6) is 2.89. The third-order valence-corrected chi connectivity index (χ3v) is 8.06. The maximum absolute atomic E-state index is 6.97. The van der Waals surface area contributed by atoms with Gasteiger partial charge in [0.05, 0.1) is 6.54 Å². The number of nitrogens with zero attached hydrogens (tertiary/aromatic N) is 2. The van der Waals surface area contributed by atoms with E-state index in [2.05, 4.69) is 56.7 Å². The molecule has 0 aromatic rings. The number of halogens is 1. The average molecular weight is 267 g/mol. The van der Waals surface area contributed by atoms with Crippen molar-refractivity contribution in [2.45, 2.75) is 41.5 Å². The van der Waals surface area contributed by atoms with Crippen molar-refractivity contribution in [3.8, 4) is 0 Å². The molecule has 0 rings (SSSR count). The van der Waals surface area contributed by atoms with Crippen molar-refractivity contribution in [1.82, 2.24) is 9.34 Å². The summed E-state index contributed by atoms with van der Waals surface area (Å²) in [5.41, 5.74) is 0. The van der Waals surface area contributed by atoms with Gasteiger partial charge < -0.3 is 0 Å². The first kappa shape index (κ1) is 16.5. The monoisotopic (exact) mass is 266 g/mol. The second-order valence-corrected chi connectivity index (χ2v) is 8.30. The lowest BCUT2D eigenvalue weighted by Gasteiger charge is -2.40. The first-order valence-corrected chi connectivity index (χ1v) is 9.08. The van der Waals surface area contributed by atoms with E-state index < -0.39 is 6.54 Å². The van der Waals surface area contributed by atoms with Crippen LogP contribution in [-0.4, -0.2) is 41.3 Å². The summed E-state index contributed by atoms with van der Waals surface area (Å²) in [7, 11) is 0. The van der Waals surface area contributed by atoms with Crippen LogP contribution in [-0.2, 0) is 0 Å². The van der Waals surface area contributed by atoms with Crippen molar-refractivity contribution < 1.29 is 0 Å². The summed E-state index contributed by atoms with van der Waals surface area (Å²) < 4.78 is 4.84. The van der Waals surface area contributed by atoms with E-state index in [1.807, 2.05) is 0 Å². The van der Waals surface area contributed by atoms with Gasteiger partial charge in [0.1, 0.15) is 0 Å². The fourth-order valence-corrected chi connectivity index (χ4v) is 7.03. The van der Waals surface area contributed by atoms with Gasteiger partial charge in [-0.3, -0.25) is 9.34 Å². The van der Waals surface area contributed by atoms with Crippen LogP contribution in [0.2, 0.25) is 0 Å². The van der Waals surface area contributed by atoms with E-state index in [0.29, 0.717) is 5.92 Å². The molecule has 0 fully saturated rings. The molecule has 0 amide bonds. The highest BCUT2D eigenvalue weighted by Gasteiger charge is 2.26. The topological polar surface area (TPSA) is 6.48 Å². The number of hydrogen-bond donors (Lipinski definition) is 0. The zero-order chi connectivity index (χ0) is 12.8. The molecule has 2 nitrogen and oxygen atoms in total. The quantitative estimate of drug-likeness (QED) is 0.640. The van der Waals surface area contributed by atoms with Gasteiger partial charge in [-0.1, -0.05) is 52.8 Å². The van der Waals surface area contributed by atoms with E-state index in [0.717, 1.165) is 26.2 Å². The molecule has 0 heterocycles. The molecule has 98 valence electrons. The van der Waals surface area contributed by atoms with Gasteiger partial charge in [0.25, 0.3) is 0 Å².